The van der Waals surface area contributed by atoms with Crippen LogP contribution >= 0.6 is 11.3 Å². The highest BCUT2D eigenvalue weighted by Gasteiger charge is 2.19. The van der Waals surface area contributed by atoms with Crippen molar-refractivity contribution in [2.75, 3.05) is 12.3 Å². The lowest BCUT2D eigenvalue weighted by Gasteiger charge is -2.27. The molecule has 5 heteroatoms. The minimum Gasteiger partial charge on any atom is -0.399 e. The number of rotatable bonds is 4. The van der Waals surface area contributed by atoms with E-state index in [0.29, 0.717) is 0 Å². The van der Waals surface area contributed by atoms with Crippen molar-refractivity contribution in [2.24, 2.45) is 0 Å². The van der Waals surface area contributed by atoms with Gasteiger partial charge in [-0.2, -0.15) is 0 Å². The minimum atomic E-state index is 0.756. The van der Waals surface area contributed by atoms with Gasteiger partial charge in [-0.25, -0.2) is 9.97 Å². The number of aromatic nitrogens is 2. The third kappa shape index (κ3) is 3.92. The van der Waals surface area contributed by atoms with Gasteiger partial charge in [-0.15, -0.1) is 11.3 Å². The molecule has 4 aromatic rings. The highest BCUT2D eigenvalue weighted by molar-refractivity contribution is 7.15. The number of nitrogen functional groups attached to an aromatic ring is 1. The van der Waals surface area contributed by atoms with Gasteiger partial charge in [-0.3, -0.25) is 4.90 Å². The van der Waals surface area contributed by atoms with Crippen LogP contribution in [0.3, 0.4) is 0 Å². The lowest BCUT2D eigenvalue weighted by atomic mass is 10.1. The van der Waals surface area contributed by atoms with Crippen molar-refractivity contribution >= 4 is 17.0 Å². The Hall–Kier alpha value is -3.02. The fraction of sp³-hybridized carbons (Fsp3) is 0.167. The number of hydrogen-bond donors (Lipinski definition) is 1. The quantitative estimate of drug-likeness (QED) is 0.491. The van der Waals surface area contributed by atoms with E-state index in [4.69, 9.17) is 10.7 Å². The van der Waals surface area contributed by atoms with Crippen LogP contribution in [0.2, 0.25) is 0 Å². The Kier molecular flexibility index (Phi) is 4.84. The molecule has 4 nitrogen and oxygen atoms in total. The van der Waals surface area contributed by atoms with E-state index in [2.05, 4.69) is 52.3 Å². The lowest BCUT2D eigenvalue weighted by molar-refractivity contribution is 0.245. The van der Waals surface area contributed by atoms with Gasteiger partial charge in [0.1, 0.15) is 0 Å². The SMILES string of the molecule is Nc1ccc(-c2ncc3c(n2)CCN(Cc2ccc(-c4ccccc4)s2)C3)cc1. The standard InChI is InChI=1S/C24H22N4S/c25-20-8-6-18(7-9-20)24-26-14-19-15-28(13-12-22(19)27-24)16-21-10-11-23(29-21)17-4-2-1-3-5-17/h1-11,14H,12-13,15-16,25H2. The fourth-order valence-electron chi connectivity index (χ4n) is 3.72. The summed E-state index contributed by atoms with van der Waals surface area (Å²) in [6.07, 6.45) is 2.95. The van der Waals surface area contributed by atoms with Gasteiger partial charge < -0.3 is 5.73 Å². The highest BCUT2D eigenvalue weighted by Crippen LogP contribution is 2.30. The molecule has 0 amide bonds. The number of fused-ring (bicyclic) bond motifs is 1. The molecule has 0 saturated carbocycles. The van der Waals surface area contributed by atoms with E-state index in [1.54, 1.807) is 0 Å². The van der Waals surface area contributed by atoms with Gasteiger partial charge >= 0.3 is 0 Å². The van der Waals surface area contributed by atoms with Gasteiger partial charge in [0.15, 0.2) is 5.82 Å². The monoisotopic (exact) mass is 398 g/mol. The van der Waals surface area contributed by atoms with Crippen LogP contribution in [0.1, 0.15) is 16.1 Å². The van der Waals surface area contributed by atoms with Gasteiger partial charge in [0.25, 0.3) is 0 Å². The summed E-state index contributed by atoms with van der Waals surface area (Å²) < 4.78 is 0. The van der Waals surface area contributed by atoms with E-state index in [1.165, 1.54) is 26.6 Å². The fourth-order valence-corrected chi connectivity index (χ4v) is 4.78. The average Bonchev–Trinajstić information content (AvgIpc) is 3.23. The topological polar surface area (TPSA) is 55.0 Å². The Morgan fingerprint density at radius 2 is 1.76 bits per heavy atom. The van der Waals surface area contributed by atoms with Crippen LogP contribution in [-0.4, -0.2) is 21.4 Å². The van der Waals surface area contributed by atoms with Crippen molar-refractivity contribution in [3.8, 4) is 21.8 Å². The van der Waals surface area contributed by atoms with Crippen LogP contribution in [0.4, 0.5) is 5.69 Å². The third-order valence-corrected chi connectivity index (χ3v) is 6.40. The summed E-state index contributed by atoms with van der Waals surface area (Å²) >= 11 is 1.88. The molecular weight excluding hydrogens is 376 g/mol. The Labute approximate surface area is 174 Å². The van der Waals surface area contributed by atoms with E-state index < -0.39 is 0 Å². The smallest absolute Gasteiger partial charge is 0.159 e. The van der Waals surface area contributed by atoms with Crippen LogP contribution in [0.5, 0.6) is 0 Å². The molecule has 5 rings (SSSR count). The Morgan fingerprint density at radius 3 is 2.59 bits per heavy atom. The van der Waals surface area contributed by atoms with Crippen molar-refractivity contribution in [1.29, 1.82) is 0 Å². The van der Waals surface area contributed by atoms with Crippen LogP contribution in [0, 0.1) is 0 Å². The summed E-state index contributed by atoms with van der Waals surface area (Å²) in [6, 6.07) is 22.8. The summed E-state index contributed by atoms with van der Waals surface area (Å²) in [5.41, 5.74) is 11.2. The number of nitrogens with zero attached hydrogens (tertiary/aromatic N) is 3. The van der Waals surface area contributed by atoms with Crippen LogP contribution in [-0.2, 0) is 19.5 Å². The molecule has 0 radical (unpaired) electrons. The Balaban J connectivity index is 1.29. The molecule has 2 aromatic heterocycles. The van der Waals surface area contributed by atoms with E-state index in [-0.39, 0.29) is 0 Å². The van der Waals surface area contributed by atoms with E-state index in [9.17, 15) is 0 Å². The summed E-state index contributed by atoms with van der Waals surface area (Å²) in [7, 11) is 0. The summed E-state index contributed by atoms with van der Waals surface area (Å²) in [4.78, 5) is 14.6. The van der Waals surface area contributed by atoms with E-state index >= 15 is 0 Å². The average molecular weight is 399 g/mol. The lowest BCUT2D eigenvalue weighted by Crippen LogP contribution is -2.30. The van der Waals surface area contributed by atoms with Gasteiger partial charge in [0.05, 0.1) is 5.69 Å². The first-order chi connectivity index (χ1) is 14.2. The van der Waals surface area contributed by atoms with E-state index in [0.717, 1.165) is 43.1 Å². The molecule has 1 aliphatic heterocycles. The number of anilines is 1. The molecular formula is C24H22N4S. The third-order valence-electron chi connectivity index (χ3n) is 5.28. The van der Waals surface area contributed by atoms with Crippen LogP contribution < -0.4 is 5.73 Å². The number of thiophene rings is 1. The zero-order valence-corrected chi connectivity index (χ0v) is 16.9. The largest absolute Gasteiger partial charge is 0.399 e. The normalized spacial score (nSPS) is 13.9. The van der Waals surface area contributed by atoms with Crippen molar-refractivity contribution in [1.82, 2.24) is 14.9 Å². The molecule has 2 aromatic carbocycles. The number of benzene rings is 2. The molecule has 0 unspecified atom stereocenters. The highest BCUT2D eigenvalue weighted by atomic mass is 32.1. The predicted molar refractivity (Wildman–Crippen MR) is 119 cm³/mol. The van der Waals surface area contributed by atoms with Crippen molar-refractivity contribution in [3.63, 3.8) is 0 Å². The molecule has 0 saturated heterocycles. The first kappa shape index (κ1) is 18.0. The van der Waals surface area contributed by atoms with Gasteiger partial charge in [-0.05, 0) is 42.0 Å². The van der Waals surface area contributed by atoms with Gasteiger partial charge in [-0.1, -0.05) is 30.3 Å². The molecule has 3 heterocycles. The zero-order chi connectivity index (χ0) is 19.6. The van der Waals surface area contributed by atoms with Gasteiger partial charge in [0.2, 0.25) is 0 Å². The molecule has 0 aliphatic carbocycles. The second-order valence-electron chi connectivity index (χ2n) is 7.38. The van der Waals surface area contributed by atoms with Crippen molar-refractivity contribution < 1.29 is 0 Å². The van der Waals surface area contributed by atoms with Crippen molar-refractivity contribution in [3.05, 3.63) is 89.1 Å². The summed E-state index contributed by atoms with van der Waals surface area (Å²) in [5, 5.41) is 0. The second-order valence-corrected chi connectivity index (χ2v) is 8.55. The summed E-state index contributed by atoms with van der Waals surface area (Å²) in [5.74, 6) is 0.781. The maximum atomic E-state index is 5.78. The van der Waals surface area contributed by atoms with E-state index in [1.807, 2.05) is 41.8 Å². The maximum absolute atomic E-state index is 5.78. The van der Waals surface area contributed by atoms with Crippen molar-refractivity contribution in [2.45, 2.75) is 19.5 Å². The molecule has 0 atom stereocenters. The summed E-state index contributed by atoms with van der Waals surface area (Å²) in [6.45, 7) is 2.89. The first-order valence-electron chi connectivity index (χ1n) is 9.82. The molecule has 0 bridgehead atoms. The molecule has 144 valence electrons. The van der Waals surface area contributed by atoms with Crippen LogP contribution in [0.25, 0.3) is 21.8 Å². The molecule has 2 N–H and O–H groups in total. The Morgan fingerprint density at radius 1 is 0.931 bits per heavy atom. The maximum Gasteiger partial charge on any atom is 0.159 e. The van der Waals surface area contributed by atoms with Gasteiger partial charge in [0, 0.05) is 58.8 Å². The molecule has 0 fully saturated rings. The number of nitrogens with two attached hydrogens (primary N) is 1. The second kappa shape index (κ2) is 7.78. The number of hydrogen-bond acceptors (Lipinski definition) is 5. The van der Waals surface area contributed by atoms with Crippen LogP contribution in [0.15, 0.2) is 72.9 Å². The molecule has 29 heavy (non-hydrogen) atoms. The minimum absolute atomic E-state index is 0.756. The Bertz CT molecular complexity index is 1120. The molecule has 1 aliphatic rings. The zero-order valence-electron chi connectivity index (χ0n) is 16.1. The first-order valence-corrected chi connectivity index (χ1v) is 10.6. The predicted octanol–water partition coefficient (Wildman–Crippen LogP) is 5.01. The molecule has 0 spiro atoms.